The Labute approximate surface area is 163 Å². The van der Waals surface area contributed by atoms with E-state index in [1.807, 2.05) is 0 Å². The average molecular weight is 398 g/mol. The van der Waals surface area contributed by atoms with Crippen LogP contribution >= 0.6 is 11.8 Å². The number of aromatic nitrogens is 3. The fourth-order valence-corrected chi connectivity index (χ4v) is 3.11. The van der Waals surface area contributed by atoms with E-state index in [9.17, 15) is 19.7 Å². The van der Waals surface area contributed by atoms with Gasteiger partial charge in [-0.1, -0.05) is 0 Å². The lowest BCUT2D eigenvalue weighted by Crippen LogP contribution is -2.09. The summed E-state index contributed by atoms with van der Waals surface area (Å²) in [4.78, 5) is 34.8. The fourth-order valence-electron chi connectivity index (χ4n) is 2.26. The summed E-state index contributed by atoms with van der Waals surface area (Å²) in [7, 11) is 1.72. The second-order valence-electron chi connectivity index (χ2n) is 5.74. The highest BCUT2D eigenvalue weighted by Crippen LogP contribution is 2.34. The molecule has 0 spiro atoms. The molecule has 0 aliphatic rings. The highest BCUT2D eigenvalue weighted by Gasteiger charge is 2.21. The number of ketones is 1. The van der Waals surface area contributed by atoms with Crippen molar-refractivity contribution in [1.82, 2.24) is 14.8 Å². The van der Waals surface area contributed by atoms with E-state index >= 15 is 0 Å². The second-order valence-corrected chi connectivity index (χ2v) is 6.75. The van der Waals surface area contributed by atoms with Crippen molar-refractivity contribution in [3.63, 3.8) is 0 Å². The molecule has 142 valence electrons. The van der Waals surface area contributed by atoms with Gasteiger partial charge in [0.25, 0.3) is 5.69 Å². The zero-order valence-electron chi connectivity index (χ0n) is 14.9. The van der Waals surface area contributed by atoms with Gasteiger partial charge in [0.05, 0.1) is 15.4 Å². The number of esters is 1. The summed E-state index contributed by atoms with van der Waals surface area (Å²) in [6, 6.07) is 10.1. The molecular formula is C18H14N4O5S. The van der Waals surface area contributed by atoms with Crippen molar-refractivity contribution < 1.29 is 19.2 Å². The minimum absolute atomic E-state index is 0.0321. The van der Waals surface area contributed by atoms with Crippen LogP contribution < -0.4 is 4.74 Å². The molecule has 1 aromatic heterocycles. The third kappa shape index (κ3) is 4.23. The molecule has 0 saturated heterocycles. The van der Waals surface area contributed by atoms with Crippen LogP contribution in [0.4, 0.5) is 5.69 Å². The summed E-state index contributed by atoms with van der Waals surface area (Å²) in [5.41, 5.74) is 0.277. The molecule has 3 aromatic rings. The molecule has 0 aliphatic heterocycles. The highest BCUT2D eigenvalue weighted by molar-refractivity contribution is 7.99. The van der Waals surface area contributed by atoms with Crippen molar-refractivity contribution in [2.75, 3.05) is 0 Å². The molecule has 28 heavy (non-hydrogen) atoms. The van der Waals surface area contributed by atoms with Crippen LogP contribution in [0.2, 0.25) is 0 Å². The van der Waals surface area contributed by atoms with Crippen molar-refractivity contribution in [2.24, 2.45) is 7.05 Å². The van der Waals surface area contributed by atoms with Crippen LogP contribution in [0.25, 0.3) is 0 Å². The van der Waals surface area contributed by atoms with Crippen molar-refractivity contribution in [2.45, 2.75) is 17.0 Å². The monoisotopic (exact) mass is 398 g/mol. The zero-order valence-corrected chi connectivity index (χ0v) is 15.7. The van der Waals surface area contributed by atoms with E-state index in [0.717, 1.165) is 17.8 Å². The van der Waals surface area contributed by atoms with Gasteiger partial charge in [0.2, 0.25) is 0 Å². The maximum Gasteiger partial charge on any atom is 0.343 e. The Balaban J connectivity index is 1.82. The molecule has 0 saturated carbocycles. The number of benzene rings is 2. The Morgan fingerprint density at radius 3 is 2.39 bits per heavy atom. The molecule has 0 fully saturated rings. The molecular weight excluding hydrogens is 384 g/mol. The summed E-state index contributed by atoms with van der Waals surface area (Å²) in [5, 5.41) is 19.5. The molecule has 1 heterocycles. The number of aryl methyl sites for hydroxylation is 1. The van der Waals surface area contributed by atoms with Gasteiger partial charge in [-0.2, -0.15) is 0 Å². The predicted octanol–water partition coefficient (Wildman–Crippen LogP) is 3.30. The number of Topliss-reactive ketones (excluding diaryl/α,β-unsaturated/α-hetero) is 1. The van der Waals surface area contributed by atoms with Crippen molar-refractivity contribution in [3.05, 3.63) is 70.0 Å². The number of carbonyl (C=O) groups is 2. The topological polar surface area (TPSA) is 117 Å². The van der Waals surface area contributed by atoms with Crippen LogP contribution in [0.5, 0.6) is 5.75 Å². The fraction of sp³-hybridized carbons (Fsp3) is 0.111. The van der Waals surface area contributed by atoms with Crippen LogP contribution in [0.3, 0.4) is 0 Å². The first-order valence-corrected chi connectivity index (χ1v) is 8.80. The first-order valence-electron chi connectivity index (χ1n) is 7.98. The molecule has 0 aliphatic carbocycles. The van der Waals surface area contributed by atoms with Gasteiger partial charge in [-0.15, -0.1) is 10.2 Å². The van der Waals surface area contributed by atoms with Gasteiger partial charge >= 0.3 is 5.97 Å². The average Bonchev–Trinajstić information content (AvgIpc) is 3.07. The van der Waals surface area contributed by atoms with Crippen LogP contribution in [0.15, 0.2) is 58.8 Å². The lowest BCUT2D eigenvalue weighted by Gasteiger charge is -2.07. The van der Waals surface area contributed by atoms with Gasteiger partial charge < -0.3 is 9.30 Å². The van der Waals surface area contributed by atoms with Crippen molar-refractivity contribution >= 4 is 29.2 Å². The van der Waals surface area contributed by atoms with Gasteiger partial charge in [0.15, 0.2) is 10.9 Å². The number of nitro benzene ring substituents is 1. The quantitative estimate of drug-likeness (QED) is 0.204. The van der Waals surface area contributed by atoms with E-state index in [1.54, 1.807) is 11.6 Å². The van der Waals surface area contributed by atoms with E-state index < -0.39 is 10.9 Å². The standard InChI is InChI=1S/C18H14N4O5S/c1-11(23)12-3-6-14(7-4-12)27-17(24)13-5-8-16(15(9-13)22(25)26)28-18-20-19-10-21(18)2/h3-10H,1-2H3. The van der Waals surface area contributed by atoms with Crippen LogP contribution in [0.1, 0.15) is 27.6 Å². The normalized spacial score (nSPS) is 10.5. The SMILES string of the molecule is CC(=O)c1ccc(OC(=O)c2ccc(Sc3nncn3C)c([N+](=O)[O-])c2)cc1. The minimum atomic E-state index is -0.742. The molecule has 0 N–H and O–H groups in total. The summed E-state index contributed by atoms with van der Waals surface area (Å²) >= 11 is 1.07. The molecule has 0 atom stereocenters. The number of rotatable bonds is 6. The number of nitro groups is 1. The maximum atomic E-state index is 12.3. The van der Waals surface area contributed by atoms with Gasteiger partial charge in [0.1, 0.15) is 12.1 Å². The van der Waals surface area contributed by atoms with E-state index in [2.05, 4.69) is 10.2 Å². The van der Waals surface area contributed by atoms with Crippen molar-refractivity contribution in [3.8, 4) is 5.75 Å². The number of carbonyl (C=O) groups excluding carboxylic acids is 2. The van der Waals surface area contributed by atoms with E-state index in [4.69, 9.17) is 4.74 Å². The summed E-state index contributed by atoms with van der Waals surface area (Å²) in [6.07, 6.45) is 1.48. The molecule has 0 radical (unpaired) electrons. The summed E-state index contributed by atoms with van der Waals surface area (Å²) < 4.78 is 6.85. The third-order valence-electron chi connectivity index (χ3n) is 3.73. The molecule has 9 nitrogen and oxygen atoms in total. The van der Waals surface area contributed by atoms with Crippen LogP contribution in [-0.2, 0) is 7.05 Å². The maximum absolute atomic E-state index is 12.3. The Morgan fingerprint density at radius 1 is 1.14 bits per heavy atom. The van der Waals surface area contributed by atoms with Crippen LogP contribution in [-0.4, -0.2) is 31.4 Å². The summed E-state index contributed by atoms with van der Waals surface area (Å²) in [6.45, 7) is 1.43. The number of ether oxygens (including phenoxy) is 1. The predicted molar refractivity (Wildman–Crippen MR) is 99.6 cm³/mol. The summed E-state index contributed by atoms with van der Waals surface area (Å²) in [5.74, 6) is -0.617. The van der Waals surface area contributed by atoms with Gasteiger partial charge in [-0.3, -0.25) is 14.9 Å². The molecule has 0 unspecified atom stereocenters. The number of nitrogens with zero attached hydrogens (tertiary/aromatic N) is 4. The molecule has 0 amide bonds. The van der Waals surface area contributed by atoms with Gasteiger partial charge in [-0.05, 0) is 55.1 Å². The molecule has 0 bridgehead atoms. The number of hydrogen-bond acceptors (Lipinski definition) is 8. The van der Waals surface area contributed by atoms with E-state index in [0.29, 0.717) is 15.6 Å². The lowest BCUT2D eigenvalue weighted by molar-refractivity contribution is -0.387. The van der Waals surface area contributed by atoms with Crippen molar-refractivity contribution in [1.29, 1.82) is 0 Å². The first-order chi connectivity index (χ1) is 13.3. The van der Waals surface area contributed by atoms with E-state index in [-0.39, 0.29) is 22.8 Å². The third-order valence-corrected chi connectivity index (χ3v) is 4.85. The second kappa shape index (κ2) is 8.01. The largest absolute Gasteiger partial charge is 0.423 e. The van der Waals surface area contributed by atoms with E-state index in [1.165, 1.54) is 49.6 Å². The molecule has 10 heteroatoms. The Bertz CT molecular complexity index is 1060. The minimum Gasteiger partial charge on any atom is -0.423 e. The molecule has 2 aromatic carbocycles. The Hall–Kier alpha value is -3.53. The lowest BCUT2D eigenvalue weighted by atomic mass is 10.1. The van der Waals surface area contributed by atoms with Gasteiger partial charge in [-0.25, -0.2) is 4.79 Å². The van der Waals surface area contributed by atoms with Gasteiger partial charge in [0, 0.05) is 18.7 Å². The number of hydrogen-bond donors (Lipinski definition) is 0. The first kappa shape index (κ1) is 19.2. The highest BCUT2D eigenvalue weighted by atomic mass is 32.2. The zero-order chi connectivity index (χ0) is 20.3. The smallest absolute Gasteiger partial charge is 0.343 e. The van der Waals surface area contributed by atoms with Crippen LogP contribution in [0, 0.1) is 10.1 Å². The Kier molecular flexibility index (Phi) is 5.50. The molecule has 3 rings (SSSR count). The Morgan fingerprint density at radius 2 is 1.82 bits per heavy atom.